The van der Waals surface area contributed by atoms with Crippen molar-refractivity contribution in [2.75, 3.05) is 37.7 Å². The zero-order chi connectivity index (χ0) is 20.9. The van der Waals surface area contributed by atoms with Crippen LogP contribution in [0.4, 0.5) is 18.9 Å². The van der Waals surface area contributed by atoms with Crippen LogP contribution in [-0.2, 0) is 26.9 Å². The molecule has 0 bridgehead atoms. The van der Waals surface area contributed by atoms with E-state index in [-0.39, 0.29) is 18.9 Å². The molecule has 0 unspecified atom stereocenters. The first-order valence-electron chi connectivity index (χ1n) is 9.22. The highest BCUT2D eigenvalue weighted by Crippen LogP contribution is 2.31. The van der Waals surface area contributed by atoms with Crippen molar-refractivity contribution in [3.8, 4) is 0 Å². The molecule has 2 aromatic carbocycles. The van der Waals surface area contributed by atoms with Crippen LogP contribution in [0, 0.1) is 0 Å². The van der Waals surface area contributed by atoms with E-state index >= 15 is 0 Å². The quantitative estimate of drug-likeness (QED) is 0.716. The van der Waals surface area contributed by atoms with E-state index < -0.39 is 17.7 Å². The van der Waals surface area contributed by atoms with Gasteiger partial charge in [0.1, 0.15) is 0 Å². The Morgan fingerprint density at radius 3 is 2.28 bits per heavy atom. The Morgan fingerprint density at radius 1 is 0.931 bits per heavy atom. The summed E-state index contributed by atoms with van der Waals surface area (Å²) in [7, 11) is 0. The number of carbonyl (C=O) groups is 2. The van der Waals surface area contributed by atoms with Crippen LogP contribution < -0.4 is 4.90 Å². The van der Waals surface area contributed by atoms with Gasteiger partial charge in [0.2, 0.25) is 0 Å². The van der Waals surface area contributed by atoms with Crippen molar-refractivity contribution in [2.24, 2.45) is 0 Å². The number of amides is 1. The molecule has 3 rings (SSSR count). The molecule has 0 saturated carbocycles. The van der Waals surface area contributed by atoms with Crippen molar-refractivity contribution < 1.29 is 27.5 Å². The summed E-state index contributed by atoms with van der Waals surface area (Å²) in [4.78, 5) is 27.5. The number of rotatable bonds is 5. The van der Waals surface area contributed by atoms with Gasteiger partial charge in [-0.3, -0.25) is 9.59 Å². The van der Waals surface area contributed by atoms with Gasteiger partial charge < -0.3 is 14.5 Å². The smallest absolute Gasteiger partial charge is 0.416 e. The molecule has 154 valence electrons. The summed E-state index contributed by atoms with van der Waals surface area (Å²) >= 11 is 0. The summed E-state index contributed by atoms with van der Waals surface area (Å²) in [6.07, 6.45) is -4.30. The minimum atomic E-state index is -4.39. The third-order valence-corrected chi connectivity index (χ3v) is 4.72. The predicted molar refractivity (Wildman–Crippen MR) is 101 cm³/mol. The van der Waals surface area contributed by atoms with Gasteiger partial charge in [-0.25, -0.2) is 0 Å². The van der Waals surface area contributed by atoms with Crippen molar-refractivity contribution in [3.05, 3.63) is 65.7 Å². The number of anilines is 1. The van der Waals surface area contributed by atoms with Crippen LogP contribution in [0.5, 0.6) is 0 Å². The molecule has 1 amide bonds. The predicted octanol–water partition coefficient (Wildman–Crippen LogP) is 3.14. The van der Waals surface area contributed by atoms with Crippen molar-refractivity contribution >= 4 is 17.6 Å². The Morgan fingerprint density at radius 2 is 1.62 bits per heavy atom. The van der Waals surface area contributed by atoms with Crippen LogP contribution in [0.25, 0.3) is 0 Å². The Labute approximate surface area is 166 Å². The van der Waals surface area contributed by atoms with Crippen LogP contribution in [-0.4, -0.2) is 49.6 Å². The molecule has 1 fully saturated rings. The Kier molecular flexibility index (Phi) is 6.41. The number of benzene rings is 2. The lowest BCUT2D eigenvalue weighted by molar-refractivity contribution is -0.151. The number of halogens is 3. The number of nitrogens with zero attached hydrogens (tertiary/aromatic N) is 2. The summed E-state index contributed by atoms with van der Waals surface area (Å²) in [6, 6.07) is 14.2. The molecule has 5 nitrogen and oxygen atoms in total. The van der Waals surface area contributed by atoms with E-state index in [9.17, 15) is 22.8 Å². The average molecular weight is 406 g/mol. The second-order valence-corrected chi connectivity index (χ2v) is 6.74. The highest BCUT2D eigenvalue weighted by atomic mass is 19.4. The van der Waals surface area contributed by atoms with E-state index in [2.05, 4.69) is 0 Å². The number of piperazine rings is 1. The highest BCUT2D eigenvalue weighted by Gasteiger charge is 2.31. The second kappa shape index (κ2) is 8.98. The monoisotopic (exact) mass is 406 g/mol. The molecule has 29 heavy (non-hydrogen) atoms. The van der Waals surface area contributed by atoms with Crippen LogP contribution >= 0.6 is 0 Å². The van der Waals surface area contributed by atoms with E-state index in [0.29, 0.717) is 31.9 Å². The van der Waals surface area contributed by atoms with E-state index in [4.69, 9.17) is 4.74 Å². The minimum absolute atomic E-state index is 0.0947. The summed E-state index contributed by atoms with van der Waals surface area (Å²) in [5.74, 6) is -0.790. The SMILES string of the molecule is O=C(Cc1ccccc1)OCC(=O)N1CCN(c2cccc(C(F)(F)F)c2)CC1. The zero-order valence-electron chi connectivity index (χ0n) is 15.7. The fourth-order valence-corrected chi connectivity index (χ4v) is 3.14. The topological polar surface area (TPSA) is 49.9 Å². The number of hydrogen-bond acceptors (Lipinski definition) is 4. The second-order valence-electron chi connectivity index (χ2n) is 6.74. The fourth-order valence-electron chi connectivity index (χ4n) is 3.14. The molecule has 0 spiro atoms. The first kappa shape index (κ1) is 20.7. The minimum Gasteiger partial charge on any atom is -0.455 e. The maximum Gasteiger partial charge on any atom is 0.416 e. The van der Waals surface area contributed by atoms with E-state index in [1.807, 2.05) is 18.2 Å². The Balaban J connectivity index is 1.46. The molecule has 1 aliphatic rings. The standard InChI is InChI=1S/C21H21F3N2O3/c22-21(23,24)17-7-4-8-18(14-17)25-9-11-26(12-10-25)19(27)15-29-20(28)13-16-5-2-1-3-6-16/h1-8,14H,9-13,15H2. The molecule has 1 heterocycles. The van der Waals surface area contributed by atoms with Crippen molar-refractivity contribution in [1.29, 1.82) is 0 Å². The van der Waals surface area contributed by atoms with Gasteiger partial charge in [-0.2, -0.15) is 13.2 Å². The van der Waals surface area contributed by atoms with Crippen molar-refractivity contribution in [2.45, 2.75) is 12.6 Å². The Bertz CT molecular complexity index is 848. The molecule has 0 atom stereocenters. The van der Waals surface area contributed by atoms with Gasteiger partial charge in [-0.15, -0.1) is 0 Å². The van der Waals surface area contributed by atoms with Gasteiger partial charge >= 0.3 is 12.1 Å². The van der Waals surface area contributed by atoms with Crippen molar-refractivity contribution in [1.82, 2.24) is 4.90 Å². The average Bonchev–Trinajstić information content (AvgIpc) is 2.72. The first-order valence-corrected chi connectivity index (χ1v) is 9.22. The number of esters is 1. The third-order valence-electron chi connectivity index (χ3n) is 4.72. The van der Waals surface area contributed by atoms with Gasteiger partial charge in [0.25, 0.3) is 5.91 Å². The maximum atomic E-state index is 12.9. The number of hydrogen-bond donors (Lipinski definition) is 0. The molecular weight excluding hydrogens is 385 g/mol. The van der Waals surface area contributed by atoms with Crippen LogP contribution in [0.1, 0.15) is 11.1 Å². The number of alkyl halides is 3. The molecule has 1 aliphatic heterocycles. The lowest BCUT2D eigenvalue weighted by Gasteiger charge is -2.36. The van der Waals surface area contributed by atoms with Crippen molar-refractivity contribution in [3.63, 3.8) is 0 Å². The molecule has 8 heteroatoms. The molecule has 2 aromatic rings. The van der Waals surface area contributed by atoms with Crippen LogP contribution in [0.2, 0.25) is 0 Å². The Hall–Kier alpha value is -3.03. The maximum absolute atomic E-state index is 12.9. The summed E-state index contributed by atoms with van der Waals surface area (Å²) in [5.41, 5.74) is 0.583. The van der Waals surface area contributed by atoms with Gasteiger partial charge in [0, 0.05) is 31.9 Å². The van der Waals surface area contributed by atoms with Gasteiger partial charge in [0.15, 0.2) is 6.61 Å². The van der Waals surface area contributed by atoms with Gasteiger partial charge in [0.05, 0.1) is 12.0 Å². The molecule has 0 N–H and O–H groups in total. The van der Waals surface area contributed by atoms with Gasteiger partial charge in [-0.05, 0) is 23.8 Å². The van der Waals surface area contributed by atoms with E-state index in [1.165, 1.54) is 6.07 Å². The molecular formula is C21H21F3N2O3. The third kappa shape index (κ3) is 5.73. The van der Waals surface area contributed by atoms with E-state index in [1.54, 1.807) is 28.0 Å². The highest BCUT2D eigenvalue weighted by molar-refractivity contribution is 5.81. The molecule has 0 aliphatic carbocycles. The zero-order valence-corrected chi connectivity index (χ0v) is 15.7. The summed E-state index contributed by atoms with van der Waals surface area (Å²) in [5, 5.41) is 0. The molecule has 1 saturated heterocycles. The van der Waals surface area contributed by atoms with E-state index in [0.717, 1.165) is 17.7 Å². The first-order chi connectivity index (χ1) is 13.8. The molecule has 0 aromatic heterocycles. The lowest BCUT2D eigenvalue weighted by Crippen LogP contribution is -2.50. The fraction of sp³-hybridized carbons (Fsp3) is 0.333. The number of ether oxygens (including phenoxy) is 1. The van der Waals surface area contributed by atoms with Crippen LogP contribution in [0.15, 0.2) is 54.6 Å². The normalized spacial score (nSPS) is 14.6. The molecule has 0 radical (unpaired) electrons. The number of carbonyl (C=O) groups excluding carboxylic acids is 2. The summed E-state index contributed by atoms with van der Waals surface area (Å²) < 4.78 is 43.7. The largest absolute Gasteiger partial charge is 0.455 e. The summed E-state index contributed by atoms with van der Waals surface area (Å²) in [6.45, 7) is 1.18. The van der Waals surface area contributed by atoms with Gasteiger partial charge in [-0.1, -0.05) is 36.4 Å². The van der Waals surface area contributed by atoms with Crippen LogP contribution in [0.3, 0.4) is 0 Å². The lowest BCUT2D eigenvalue weighted by atomic mass is 10.1.